The van der Waals surface area contributed by atoms with Gasteiger partial charge in [-0.3, -0.25) is 9.59 Å². The molecule has 0 amide bonds. The minimum atomic E-state index is -0.922. The molecule has 3 aromatic rings. The maximum atomic E-state index is 12.8. The van der Waals surface area contributed by atoms with Gasteiger partial charge in [-0.25, -0.2) is 0 Å². The minimum Gasteiger partial charge on any atom is -0.481 e. The standard InChI is InChI=1S/C28H37NO4/c1-5-6-17-28(4,25(30)31)20-27(2,3)26(32)33-19-12-11-18-29-23-15-9-7-13-21(23)22-14-8-10-16-24(22)29/h7-10,13-16H,5-6,11-12,17-20H2,1-4H3,(H,30,31). The van der Waals surface area contributed by atoms with Gasteiger partial charge in [0.2, 0.25) is 0 Å². The van der Waals surface area contributed by atoms with E-state index in [9.17, 15) is 14.7 Å². The number of carbonyl (C=O) groups excluding carboxylic acids is 1. The van der Waals surface area contributed by atoms with Crippen LogP contribution in [0, 0.1) is 10.8 Å². The zero-order valence-electron chi connectivity index (χ0n) is 20.4. The molecule has 1 atom stereocenters. The number of hydrogen-bond acceptors (Lipinski definition) is 3. The maximum absolute atomic E-state index is 12.8. The van der Waals surface area contributed by atoms with E-state index >= 15 is 0 Å². The van der Waals surface area contributed by atoms with E-state index in [-0.39, 0.29) is 12.4 Å². The van der Waals surface area contributed by atoms with Gasteiger partial charge in [-0.05, 0) is 58.6 Å². The third-order valence-corrected chi connectivity index (χ3v) is 6.67. The number of unbranched alkanes of at least 4 members (excludes halogenated alkanes) is 2. The first kappa shape index (κ1) is 24.8. The molecule has 1 N–H and O–H groups in total. The Labute approximate surface area is 196 Å². The topological polar surface area (TPSA) is 68.5 Å². The molecule has 33 heavy (non-hydrogen) atoms. The number of carbonyl (C=O) groups is 2. The van der Waals surface area contributed by atoms with Crippen LogP contribution in [0.1, 0.15) is 66.2 Å². The van der Waals surface area contributed by atoms with Crippen molar-refractivity contribution in [3.05, 3.63) is 48.5 Å². The molecule has 0 saturated heterocycles. The summed E-state index contributed by atoms with van der Waals surface area (Å²) in [5, 5.41) is 12.2. The summed E-state index contributed by atoms with van der Waals surface area (Å²) in [5.41, 5.74) is 0.678. The second-order valence-corrected chi connectivity index (χ2v) is 10.1. The van der Waals surface area contributed by atoms with Crippen molar-refractivity contribution >= 4 is 33.7 Å². The number of rotatable bonds is 12. The summed E-state index contributed by atoms with van der Waals surface area (Å²) in [7, 11) is 0. The van der Waals surface area contributed by atoms with Gasteiger partial charge in [0.05, 0.1) is 17.4 Å². The van der Waals surface area contributed by atoms with Crippen LogP contribution in [-0.2, 0) is 20.9 Å². The largest absolute Gasteiger partial charge is 0.481 e. The first-order valence-electron chi connectivity index (χ1n) is 12.1. The summed E-state index contributed by atoms with van der Waals surface area (Å²) in [4.78, 5) is 24.6. The van der Waals surface area contributed by atoms with Gasteiger partial charge in [-0.1, -0.05) is 56.2 Å². The van der Waals surface area contributed by atoms with Gasteiger partial charge in [-0.15, -0.1) is 0 Å². The Morgan fingerprint density at radius 1 is 0.909 bits per heavy atom. The van der Waals surface area contributed by atoms with Crippen LogP contribution in [0.4, 0.5) is 0 Å². The highest BCUT2D eigenvalue weighted by Gasteiger charge is 2.42. The van der Waals surface area contributed by atoms with Crippen molar-refractivity contribution < 1.29 is 19.4 Å². The van der Waals surface area contributed by atoms with Gasteiger partial charge in [-0.2, -0.15) is 0 Å². The molecule has 5 heteroatoms. The van der Waals surface area contributed by atoms with Crippen LogP contribution in [0.2, 0.25) is 0 Å². The van der Waals surface area contributed by atoms with Gasteiger partial charge < -0.3 is 14.4 Å². The average Bonchev–Trinajstić information content (AvgIpc) is 3.11. The smallest absolute Gasteiger partial charge is 0.311 e. The Hall–Kier alpha value is -2.82. The highest BCUT2D eigenvalue weighted by Crippen LogP contribution is 2.39. The van der Waals surface area contributed by atoms with Gasteiger partial charge in [0, 0.05) is 28.4 Å². The number of ether oxygens (including phenoxy) is 1. The first-order chi connectivity index (χ1) is 15.7. The monoisotopic (exact) mass is 451 g/mol. The number of aromatic nitrogens is 1. The van der Waals surface area contributed by atoms with E-state index in [1.807, 2.05) is 6.92 Å². The number of esters is 1. The molecule has 0 bridgehead atoms. The summed E-state index contributed by atoms with van der Waals surface area (Å²) in [6.45, 7) is 8.56. The van der Waals surface area contributed by atoms with Crippen molar-refractivity contribution in [1.29, 1.82) is 0 Å². The molecular weight excluding hydrogens is 414 g/mol. The zero-order chi connectivity index (χ0) is 24.1. The number of hydrogen-bond donors (Lipinski definition) is 1. The molecule has 0 spiro atoms. The van der Waals surface area contributed by atoms with Crippen molar-refractivity contribution in [1.82, 2.24) is 4.57 Å². The van der Waals surface area contributed by atoms with Crippen LogP contribution in [0.25, 0.3) is 21.8 Å². The number of carboxylic acid groups (broad SMARTS) is 1. The van der Waals surface area contributed by atoms with Gasteiger partial charge >= 0.3 is 11.9 Å². The number of aliphatic carboxylic acids is 1. The lowest BCUT2D eigenvalue weighted by Crippen LogP contribution is -2.38. The molecule has 178 valence electrons. The summed E-state index contributed by atoms with van der Waals surface area (Å²) in [6, 6.07) is 16.9. The molecule has 1 aromatic heterocycles. The normalized spacial score (nSPS) is 13.8. The van der Waals surface area contributed by atoms with E-state index < -0.39 is 16.8 Å². The second-order valence-electron chi connectivity index (χ2n) is 10.1. The van der Waals surface area contributed by atoms with Crippen molar-refractivity contribution in [3.8, 4) is 0 Å². The molecule has 0 aliphatic rings. The minimum absolute atomic E-state index is 0.273. The zero-order valence-corrected chi connectivity index (χ0v) is 20.4. The summed E-state index contributed by atoms with van der Waals surface area (Å²) < 4.78 is 7.93. The van der Waals surface area contributed by atoms with Crippen LogP contribution < -0.4 is 0 Å². The molecule has 0 aliphatic carbocycles. The second kappa shape index (κ2) is 10.4. The molecule has 2 aromatic carbocycles. The molecule has 1 heterocycles. The van der Waals surface area contributed by atoms with Gasteiger partial charge in [0.25, 0.3) is 0 Å². The fourth-order valence-electron chi connectivity index (χ4n) is 4.86. The van der Waals surface area contributed by atoms with E-state index in [0.717, 1.165) is 32.2 Å². The fourth-order valence-corrected chi connectivity index (χ4v) is 4.86. The van der Waals surface area contributed by atoms with Gasteiger partial charge in [0.15, 0.2) is 0 Å². The molecule has 0 fully saturated rings. The van der Waals surface area contributed by atoms with Crippen LogP contribution in [0.3, 0.4) is 0 Å². The van der Waals surface area contributed by atoms with Crippen molar-refractivity contribution in [2.75, 3.05) is 6.61 Å². The summed E-state index contributed by atoms with van der Waals surface area (Å²) in [5.74, 6) is -1.16. The van der Waals surface area contributed by atoms with Crippen LogP contribution >= 0.6 is 0 Å². The lowest BCUT2D eigenvalue weighted by Gasteiger charge is -2.33. The molecule has 0 aliphatic heterocycles. The fraction of sp³-hybridized carbons (Fsp3) is 0.500. The maximum Gasteiger partial charge on any atom is 0.311 e. The number of nitrogens with zero attached hydrogens (tertiary/aromatic N) is 1. The Morgan fingerprint density at radius 3 is 2.03 bits per heavy atom. The van der Waals surface area contributed by atoms with Gasteiger partial charge in [0.1, 0.15) is 0 Å². The Morgan fingerprint density at radius 2 is 1.48 bits per heavy atom. The van der Waals surface area contributed by atoms with Crippen molar-refractivity contribution in [3.63, 3.8) is 0 Å². The lowest BCUT2D eigenvalue weighted by atomic mass is 9.71. The molecule has 3 rings (SSSR count). The quantitative estimate of drug-likeness (QED) is 0.242. The molecule has 0 saturated carbocycles. The number of para-hydroxylation sites is 2. The molecule has 1 unspecified atom stereocenters. The van der Waals surface area contributed by atoms with E-state index in [4.69, 9.17) is 4.74 Å². The summed E-state index contributed by atoms with van der Waals surface area (Å²) in [6.07, 6.45) is 4.24. The number of benzene rings is 2. The Bertz CT molecular complexity index is 1060. The number of aryl methyl sites for hydroxylation is 1. The third-order valence-electron chi connectivity index (χ3n) is 6.67. The van der Waals surface area contributed by atoms with E-state index in [0.29, 0.717) is 13.0 Å². The highest BCUT2D eigenvalue weighted by atomic mass is 16.5. The van der Waals surface area contributed by atoms with Crippen molar-refractivity contribution in [2.24, 2.45) is 10.8 Å². The van der Waals surface area contributed by atoms with Crippen LogP contribution in [0.5, 0.6) is 0 Å². The molecule has 0 radical (unpaired) electrons. The number of fused-ring (bicyclic) bond motifs is 3. The lowest BCUT2D eigenvalue weighted by molar-refractivity contribution is -0.160. The predicted molar refractivity (Wildman–Crippen MR) is 133 cm³/mol. The number of carboxylic acids is 1. The van der Waals surface area contributed by atoms with E-state index in [1.54, 1.807) is 20.8 Å². The average molecular weight is 452 g/mol. The highest BCUT2D eigenvalue weighted by molar-refractivity contribution is 6.07. The Balaban J connectivity index is 1.56. The Kier molecular flexibility index (Phi) is 7.83. The molecule has 5 nitrogen and oxygen atoms in total. The van der Waals surface area contributed by atoms with Crippen molar-refractivity contribution in [2.45, 2.75) is 72.8 Å². The first-order valence-corrected chi connectivity index (χ1v) is 12.1. The SMILES string of the molecule is CCCCC(C)(CC(C)(C)C(=O)OCCCCn1c2ccccc2c2ccccc21)C(=O)O. The molecular formula is C28H37NO4. The predicted octanol–water partition coefficient (Wildman–Crippen LogP) is 6.82. The van der Waals surface area contributed by atoms with Crippen LogP contribution in [-0.4, -0.2) is 28.2 Å². The summed E-state index contributed by atoms with van der Waals surface area (Å²) >= 11 is 0. The van der Waals surface area contributed by atoms with E-state index in [1.165, 1.54) is 21.8 Å². The third kappa shape index (κ3) is 5.58. The van der Waals surface area contributed by atoms with Crippen LogP contribution in [0.15, 0.2) is 48.5 Å². The van der Waals surface area contributed by atoms with E-state index in [2.05, 4.69) is 53.1 Å².